The average molecular weight is 140 g/mol. The van der Waals surface area contributed by atoms with Gasteiger partial charge in [-0.25, -0.2) is 0 Å². The molecule has 0 aromatic heterocycles. The number of rotatable bonds is 0. The number of hydrogen-bond acceptors (Lipinski definition) is 1. The molecule has 0 aromatic rings. The summed E-state index contributed by atoms with van der Waals surface area (Å²) in [6, 6.07) is 0. The third-order valence-electron chi connectivity index (χ3n) is 3.23. The second-order valence-electron chi connectivity index (χ2n) is 4.01. The van der Waals surface area contributed by atoms with Crippen molar-refractivity contribution in [2.45, 2.75) is 45.1 Å². The lowest BCUT2D eigenvalue weighted by atomic mass is 9.73. The van der Waals surface area contributed by atoms with E-state index in [0.29, 0.717) is 11.5 Å². The first-order chi connectivity index (χ1) is 4.81. The quantitative estimate of drug-likeness (QED) is 0.502. The van der Waals surface area contributed by atoms with E-state index in [1.807, 2.05) is 0 Å². The summed E-state index contributed by atoms with van der Waals surface area (Å²) in [6.45, 7) is 3.41. The van der Waals surface area contributed by atoms with Crippen LogP contribution in [0.4, 0.5) is 0 Å². The van der Waals surface area contributed by atoms with Crippen molar-refractivity contribution in [3.8, 4) is 0 Å². The monoisotopic (exact) mass is 140 g/mol. The van der Waals surface area contributed by atoms with E-state index in [2.05, 4.69) is 6.92 Å². The third kappa shape index (κ3) is 0.878. The summed E-state index contributed by atoms with van der Waals surface area (Å²) in [6.07, 6.45) is 7.45. The Labute approximate surface area is 62.8 Å². The van der Waals surface area contributed by atoms with Gasteiger partial charge in [-0.05, 0) is 24.7 Å². The molecule has 0 aromatic carbocycles. The van der Waals surface area contributed by atoms with Gasteiger partial charge >= 0.3 is 0 Å². The van der Waals surface area contributed by atoms with Gasteiger partial charge in [0.15, 0.2) is 0 Å². The molecule has 10 heavy (non-hydrogen) atoms. The Morgan fingerprint density at radius 2 is 2.20 bits per heavy atom. The molecule has 1 heteroatoms. The van der Waals surface area contributed by atoms with Gasteiger partial charge in [0.05, 0.1) is 6.10 Å². The van der Waals surface area contributed by atoms with Gasteiger partial charge in [0.2, 0.25) is 0 Å². The fraction of sp³-hybridized carbons (Fsp3) is 1.00. The molecule has 1 saturated carbocycles. The SMILES string of the molecule is C[C@]12CCCC[C@@H]1OCC2. The number of fused-ring (bicyclic) bond motifs is 1. The Bertz CT molecular complexity index is 133. The van der Waals surface area contributed by atoms with Crippen molar-refractivity contribution in [3.63, 3.8) is 0 Å². The van der Waals surface area contributed by atoms with Crippen LogP contribution < -0.4 is 0 Å². The molecule has 0 bridgehead atoms. The van der Waals surface area contributed by atoms with Crippen LogP contribution in [0.2, 0.25) is 0 Å². The third-order valence-corrected chi connectivity index (χ3v) is 3.23. The van der Waals surface area contributed by atoms with Crippen LogP contribution in [0.15, 0.2) is 0 Å². The summed E-state index contributed by atoms with van der Waals surface area (Å²) in [4.78, 5) is 0. The highest BCUT2D eigenvalue weighted by Gasteiger charge is 2.41. The minimum atomic E-state index is 0.568. The maximum absolute atomic E-state index is 5.66. The number of ether oxygens (including phenoxy) is 1. The van der Waals surface area contributed by atoms with Crippen molar-refractivity contribution in [1.29, 1.82) is 0 Å². The van der Waals surface area contributed by atoms with Gasteiger partial charge in [-0.1, -0.05) is 19.8 Å². The van der Waals surface area contributed by atoms with E-state index in [1.54, 1.807) is 0 Å². The van der Waals surface area contributed by atoms with Gasteiger partial charge in [0.1, 0.15) is 0 Å². The zero-order valence-electron chi connectivity index (χ0n) is 6.73. The van der Waals surface area contributed by atoms with Crippen molar-refractivity contribution < 1.29 is 4.74 Å². The summed E-state index contributed by atoms with van der Waals surface area (Å²) in [5.74, 6) is 0. The van der Waals surface area contributed by atoms with E-state index in [9.17, 15) is 0 Å². The van der Waals surface area contributed by atoms with E-state index < -0.39 is 0 Å². The van der Waals surface area contributed by atoms with Crippen LogP contribution in [0, 0.1) is 5.41 Å². The Morgan fingerprint density at radius 1 is 1.30 bits per heavy atom. The van der Waals surface area contributed by atoms with Crippen molar-refractivity contribution >= 4 is 0 Å². The molecule has 1 nitrogen and oxygen atoms in total. The molecular formula is C9H16O. The molecular weight excluding hydrogens is 124 g/mol. The van der Waals surface area contributed by atoms with Crippen LogP contribution >= 0.6 is 0 Å². The molecule has 1 aliphatic carbocycles. The molecule has 2 atom stereocenters. The molecule has 2 rings (SSSR count). The first kappa shape index (κ1) is 6.66. The molecule has 2 fully saturated rings. The van der Waals surface area contributed by atoms with Crippen molar-refractivity contribution in [2.24, 2.45) is 5.41 Å². The maximum Gasteiger partial charge on any atom is 0.0629 e. The first-order valence-corrected chi connectivity index (χ1v) is 4.43. The highest BCUT2D eigenvalue weighted by atomic mass is 16.5. The summed E-state index contributed by atoms with van der Waals surface area (Å²) in [5, 5.41) is 0. The van der Waals surface area contributed by atoms with Crippen LogP contribution in [0.25, 0.3) is 0 Å². The van der Waals surface area contributed by atoms with Gasteiger partial charge in [-0.15, -0.1) is 0 Å². The summed E-state index contributed by atoms with van der Waals surface area (Å²) in [7, 11) is 0. The molecule has 0 radical (unpaired) electrons. The van der Waals surface area contributed by atoms with Crippen LogP contribution in [0.1, 0.15) is 39.0 Å². The molecule has 2 aliphatic rings. The highest BCUT2D eigenvalue weighted by molar-refractivity contribution is 4.90. The Balaban J connectivity index is 2.10. The van der Waals surface area contributed by atoms with E-state index in [4.69, 9.17) is 4.74 Å². The van der Waals surface area contributed by atoms with Crippen LogP contribution in [0.5, 0.6) is 0 Å². The molecule has 1 saturated heterocycles. The van der Waals surface area contributed by atoms with Crippen molar-refractivity contribution in [2.75, 3.05) is 6.61 Å². The minimum Gasteiger partial charge on any atom is -0.378 e. The van der Waals surface area contributed by atoms with E-state index >= 15 is 0 Å². The Morgan fingerprint density at radius 3 is 3.00 bits per heavy atom. The molecule has 0 unspecified atom stereocenters. The van der Waals surface area contributed by atoms with Crippen LogP contribution in [-0.4, -0.2) is 12.7 Å². The second kappa shape index (κ2) is 2.23. The zero-order valence-corrected chi connectivity index (χ0v) is 6.73. The summed E-state index contributed by atoms with van der Waals surface area (Å²) < 4.78 is 5.66. The van der Waals surface area contributed by atoms with Gasteiger partial charge in [-0.3, -0.25) is 0 Å². The van der Waals surface area contributed by atoms with E-state index in [1.165, 1.54) is 32.1 Å². The van der Waals surface area contributed by atoms with Gasteiger partial charge < -0.3 is 4.74 Å². The second-order valence-corrected chi connectivity index (χ2v) is 4.01. The fourth-order valence-electron chi connectivity index (χ4n) is 2.37. The molecule has 1 aliphatic heterocycles. The Hall–Kier alpha value is -0.0400. The van der Waals surface area contributed by atoms with Crippen molar-refractivity contribution in [3.05, 3.63) is 0 Å². The summed E-state index contributed by atoms with van der Waals surface area (Å²) >= 11 is 0. The topological polar surface area (TPSA) is 9.23 Å². The van der Waals surface area contributed by atoms with Gasteiger partial charge in [0, 0.05) is 6.61 Å². The molecule has 0 amide bonds. The van der Waals surface area contributed by atoms with E-state index in [-0.39, 0.29) is 0 Å². The molecule has 0 spiro atoms. The lowest BCUT2D eigenvalue weighted by Gasteiger charge is -2.34. The molecule has 0 N–H and O–H groups in total. The smallest absolute Gasteiger partial charge is 0.0629 e. The zero-order chi connectivity index (χ0) is 7.03. The van der Waals surface area contributed by atoms with Gasteiger partial charge in [-0.2, -0.15) is 0 Å². The van der Waals surface area contributed by atoms with E-state index in [0.717, 1.165) is 6.61 Å². The fourth-order valence-corrected chi connectivity index (χ4v) is 2.37. The predicted molar refractivity (Wildman–Crippen MR) is 40.9 cm³/mol. The lowest BCUT2D eigenvalue weighted by Crippen LogP contribution is -2.30. The summed E-state index contributed by atoms with van der Waals surface area (Å²) in [5.41, 5.74) is 0.568. The number of hydrogen-bond donors (Lipinski definition) is 0. The van der Waals surface area contributed by atoms with Crippen LogP contribution in [-0.2, 0) is 4.74 Å². The first-order valence-electron chi connectivity index (χ1n) is 4.43. The maximum atomic E-state index is 5.66. The molecule has 58 valence electrons. The predicted octanol–water partition coefficient (Wildman–Crippen LogP) is 2.36. The normalized spacial score (nSPS) is 47.1. The van der Waals surface area contributed by atoms with Crippen LogP contribution in [0.3, 0.4) is 0 Å². The highest BCUT2D eigenvalue weighted by Crippen LogP contribution is 2.44. The average Bonchev–Trinajstić information content (AvgIpc) is 2.29. The standard InChI is InChI=1S/C9H16O/c1-9-5-3-2-4-8(9)10-7-6-9/h8H,2-7H2,1H3/t8-,9+/m0/s1. The van der Waals surface area contributed by atoms with Crippen molar-refractivity contribution in [1.82, 2.24) is 0 Å². The largest absolute Gasteiger partial charge is 0.378 e. The Kier molecular flexibility index (Phi) is 1.48. The minimum absolute atomic E-state index is 0.568. The van der Waals surface area contributed by atoms with Gasteiger partial charge in [0.25, 0.3) is 0 Å². The molecule has 1 heterocycles. The lowest BCUT2D eigenvalue weighted by molar-refractivity contribution is 0.0259.